The SMILES string of the molecule is Cc1cccc2c(=O)[nH]c(CSc3ncc(-c4ccccc4)[nH]3)nc12. The van der Waals surface area contributed by atoms with E-state index >= 15 is 0 Å². The maximum absolute atomic E-state index is 12.2. The molecule has 2 aromatic carbocycles. The van der Waals surface area contributed by atoms with E-state index in [0.717, 1.165) is 27.5 Å². The van der Waals surface area contributed by atoms with Crippen molar-refractivity contribution in [1.82, 2.24) is 19.9 Å². The standard InChI is InChI=1S/C19H16N4OS/c1-12-6-5-9-14-17(12)22-16(23-18(14)24)11-25-19-20-10-15(21-19)13-7-3-2-4-8-13/h2-10H,11H2,1H3,(H,20,21)(H,22,23,24). The number of para-hydroxylation sites is 1. The van der Waals surface area contributed by atoms with E-state index in [9.17, 15) is 4.79 Å². The van der Waals surface area contributed by atoms with Gasteiger partial charge in [0, 0.05) is 0 Å². The lowest BCUT2D eigenvalue weighted by Gasteiger charge is -2.04. The van der Waals surface area contributed by atoms with E-state index in [-0.39, 0.29) is 5.56 Å². The fourth-order valence-electron chi connectivity index (χ4n) is 2.70. The number of aromatic nitrogens is 4. The van der Waals surface area contributed by atoms with Gasteiger partial charge in [-0.1, -0.05) is 54.2 Å². The molecular formula is C19H16N4OS. The minimum absolute atomic E-state index is 0.103. The van der Waals surface area contributed by atoms with Crippen LogP contribution in [0, 0.1) is 6.92 Å². The average molecular weight is 348 g/mol. The molecule has 0 aliphatic rings. The average Bonchev–Trinajstić information content (AvgIpc) is 3.11. The second-order valence-corrected chi connectivity index (χ2v) is 6.70. The van der Waals surface area contributed by atoms with Gasteiger partial charge in [0.1, 0.15) is 5.82 Å². The van der Waals surface area contributed by atoms with E-state index in [1.165, 1.54) is 11.8 Å². The van der Waals surface area contributed by atoms with Crippen LogP contribution in [0.25, 0.3) is 22.2 Å². The number of H-pyrrole nitrogens is 2. The van der Waals surface area contributed by atoms with Crippen LogP contribution in [-0.2, 0) is 5.75 Å². The molecule has 0 fully saturated rings. The molecule has 124 valence electrons. The van der Waals surface area contributed by atoms with Crippen molar-refractivity contribution in [2.24, 2.45) is 0 Å². The Hall–Kier alpha value is -2.86. The molecule has 4 rings (SSSR count). The smallest absolute Gasteiger partial charge is 0.258 e. The van der Waals surface area contributed by atoms with Gasteiger partial charge in [-0.25, -0.2) is 9.97 Å². The highest BCUT2D eigenvalue weighted by Gasteiger charge is 2.08. The lowest BCUT2D eigenvalue weighted by molar-refractivity contribution is 1.02. The summed E-state index contributed by atoms with van der Waals surface area (Å²) in [4.78, 5) is 27.4. The first-order valence-electron chi connectivity index (χ1n) is 7.92. The number of nitrogens with one attached hydrogen (secondary N) is 2. The van der Waals surface area contributed by atoms with Crippen molar-refractivity contribution in [2.45, 2.75) is 17.8 Å². The van der Waals surface area contributed by atoms with E-state index in [4.69, 9.17) is 0 Å². The van der Waals surface area contributed by atoms with Gasteiger partial charge in [0.25, 0.3) is 5.56 Å². The molecule has 0 saturated carbocycles. The Kier molecular flexibility index (Phi) is 4.11. The predicted molar refractivity (Wildman–Crippen MR) is 101 cm³/mol. The lowest BCUT2D eigenvalue weighted by Crippen LogP contribution is -2.11. The number of imidazole rings is 1. The number of nitrogens with zero attached hydrogens (tertiary/aromatic N) is 2. The topological polar surface area (TPSA) is 74.4 Å². The summed E-state index contributed by atoms with van der Waals surface area (Å²) in [5.41, 5.74) is 3.72. The van der Waals surface area contributed by atoms with Crippen molar-refractivity contribution in [3.8, 4) is 11.3 Å². The Bertz CT molecular complexity index is 1090. The molecule has 0 aliphatic heterocycles. The van der Waals surface area contributed by atoms with Gasteiger partial charge >= 0.3 is 0 Å². The first kappa shape index (κ1) is 15.7. The van der Waals surface area contributed by atoms with Crippen molar-refractivity contribution >= 4 is 22.7 Å². The van der Waals surface area contributed by atoms with Crippen LogP contribution in [0.4, 0.5) is 0 Å². The highest BCUT2D eigenvalue weighted by atomic mass is 32.2. The van der Waals surface area contributed by atoms with Crippen LogP contribution in [0.3, 0.4) is 0 Å². The number of thioether (sulfide) groups is 1. The Morgan fingerprint density at radius 1 is 1.04 bits per heavy atom. The summed E-state index contributed by atoms with van der Waals surface area (Å²) in [7, 11) is 0. The third-order valence-corrected chi connectivity index (χ3v) is 4.87. The van der Waals surface area contributed by atoms with Crippen LogP contribution in [-0.4, -0.2) is 19.9 Å². The number of aryl methyl sites for hydroxylation is 1. The molecule has 2 aromatic heterocycles. The number of fused-ring (bicyclic) bond motifs is 1. The molecule has 0 bridgehead atoms. The summed E-state index contributed by atoms with van der Waals surface area (Å²) in [6.45, 7) is 1.96. The van der Waals surface area contributed by atoms with Gasteiger partial charge in [-0.3, -0.25) is 4.79 Å². The summed E-state index contributed by atoms with van der Waals surface area (Å²) in [5, 5.41) is 1.42. The fraction of sp³-hybridized carbons (Fsp3) is 0.105. The molecule has 0 spiro atoms. The zero-order chi connectivity index (χ0) is 17.2. The Morgan fingerprint density at radius 3 is 2.72 bits per heavy atom. The summed E-state index contributed by atoms with van der Waals surface area (Å²) >= 11 is 1.51. The molecule has 4 aromatic rings. The van der Waals surface area contributed by atoms with Gasteiger partial charge < -0.3 is 9.97 Å². The zero-order valence-electron chi connectivity index (χ0n) is 13.6. The Balaban J connectivity index is 1.56. The van der Waals surface area contributed by atoms with Crippen LogP contribution in [0.1, 0.15) is 11.4 Å². The summed E-state index contributed by atoms with van der Waals surface area (Å²) in [5.74, 6) is 1.19. The largest absolute Gasteiger partial charge is 0.333 e. The third-order valence-electron chi connectivity index (χ3n) is 3.97. The Labute approximate surface area is 148 Å². The maximum Gasteiger partial charge on any atom is 0.258 e. The quantitative estimate of drug-likeness (QED) is 0.548. The van der Waals surface area contributed by atoms with Crippen LogP contribution in [0.5, 0.6) is 0 Å². The summed E-state index contributed by atoms with van der Waals surface area (Å²) < 4.78 is 0. The highest BCUT2D eigenvalue weighted by Crippen LogP contribution is 2.23. The molecule has 0 unspecified atom stereocenters. The summed E-state index contributed by atoms with van der Waals surface area (Å²) in [6.07, 6.45) is 1.82. The van der Waals surface area contributed by atoms with Crippen molar-refractivity contribution in [3.63, 3.8) is 0 Å². The molecule has 2 N–H and O–H groups in total. The molecule has 0 aliphatic carbocycles. The molecule has 0 amide bonds. The first-order valence-corrected chi connectivity index (χ1v) is 8.91. The normalized spacial score (nSPS) is 11.1. The van der Waals surface area contributed by atoms with Crippen molar-refractivity contribution < 1.29 is 0 Å². The number of aromatic amines is 2. The monoisotopic (exact) mass is 348 g/mol. The van der Waals surface area contributed by atoms with E-state index in [1.54, 1.807) is 6.07 Å². The fourth-order valence-corrected chi connectivity index (χ4v) is 3.42. The van der Waals surface area contributed by atoms with Crippen molar-refractivity contribution in [2.75, 3.05) is 0 Å². The number of hydrogen-bond acceptors (Lipinski definition) is 4. The van der Waals surface area contributed by atoms with Crippen LogP contribution in [0.2, 0.25) is 0 Å². The van der Waals surface area contributed by atoms with E-state index in [1.807, 2.05) is 55.6 Å². The van der Waals surface area contributed by atoms with Gasteiger partial charge in [-0.15, -0.1) is 0 Å². The lowest BCUT2D eigenvalue weighted by atomic mass is 10.1. The van der Waals surface area contributed by atoms with Crippen LogP contribution < -0.4 is 5.56 Å². The van der Waals surface area contributed by atoms with Gasteiger partial charge in [0.15, 0.2) is 5.16 Å². The van der Waals surface area contributed by atoms with Crippen molar-refractivity contribution in [1.29, 1.82) is 0 Å². The minimum Gasteiger partial charge on any atom is -0.333 e. The second kappa shape index (κ2) is 6.57. The molecule has 0 radical (unpaired) electrons. The van der Waals surface area contributed by atoms with Gasteiger partial charge in [0.2, 0.25) is 0 Å². The number of benzene rings is 2. The number of hydrogen-bond donors (Lipinski definition) is 2. The highest BCUT2D eigenvalue weighted by molar-refractivity contribution is 7.98. The molecule has 5 nitrogen and oxygen atoms in total. The zero-order valence-corrected chi connectivity index (χ0v) is 14.4. The van der Waals surface area contributed by atoms with Crippen LogP contribution in [0.15, 0.2) is 64.7 Å². The second-order valence-electron chi connectivity index (χ2n) is 5.74. The molecule has 0 atom stereocenters. The molecule has 2 heterocycles. The third kappa shape index (κ3) is 3.21. The van der Waals surface area contributed by atoms with Gasteiger partial charge in [0.05, 0.1) is 28.5 Å². The van der Waals surface area contributed by atoms with Crippen LogP contribution >= 0.6 is 11.8 Å². The van der Waals surface area contributed by atoms with Crippen molar-refractivity contribution in [3.05, 3.63) is 76.5 Å². The van der Waals surface area contributed by atoms with E-state index < -0.39 is 0 Å². The predicted octanol–water partition coefficient (Wildman–Crippen LogP) is 3.91. The Morgan fingerprint density at radius 2 is 1.88 bits per heavy atom. The molecular weight excluding hydrogens is 332 g/mol. The van der Waals surface area contributed by atoms with Gasteiger partial charge in [-0.05, 0) is 24.1 Å². The molecule has 25 heavy (non-hydrogen) atoms. The molecule has 6 heteroatoms. The first-order chi connectivity index (χ1) is 12.2. The number of rotatable bonds is 4. The van der Waals surface area contributed by atoms with E-state index in [0.29, 0.717) is 17.0 Å². The van der Waals surface area contributed by atoms with E-state index in [2.05, 4.69) is 19.9 Å². The summed E-state index contributed by atoms with van der Waals surface area (Å²) in [6, 6.07) is 15.7. The maximum atomic E-state index is 12.2. The molecule has 0 saturated heterocycles. The minimum atomic E-state index is -0.103. The van der Waals surface area contributed by atoms with Gasteiger partial charge in [-0.2, -0.15) is 0 Å².